The van der Waals surface area contributed by atoms with Crippen LogP contribution in [0.15, 0.2) is 60.7 Å². The lowest BCUT2D eigenvalue weighted by Crippen LogP contribution is -2.28. The molecule has 2 aromatic rings. The van der Waals surface area contributed by atoms with E-state index in [1.54, 1.807) is 0 Å². The van der Waals surface area contributed by atoms with Gasteiger partial charge < -0.3 is 5.11 Å². The Bertz CT molecular complexity index is 542. The summed E-state index contributed by atoms with van der Waals surface area (Å²) < 4.78 is 0. The second-order valence-corrected chi connectivity index (χ2v) is 4.85. The van der Waals surface area contributed by atoms with Crippen LogP contribution in [0.25, 0.3) is 0 Å². The van der Waals surface area contributed by atoms with Gasteiger partial charge in [0.25, 0.3) is 0 Å². The number of aliphatic hydroxyl groups is 1. The number of carbonyl (C=O) groups excluding carboxylic acids is 1. The summed E-state index contributed by atoms with van der Waals surface area (Å²) in [5.74, 6) is -0.325. The lowest BCUT2D eigenvalue weighted by Gasteiger charge is -2.11. The van der Waals surface area contributed by atoms with Gasteiger partial charge in [0.1, 0.15) is 0 Å². The largest absolute Gasteiger partial charge is 0.392 e. The van der Waals surface area contributed by atoms with Gasteiger partial charge >= 0.3 is 0 Å². The number of amides is 1. The number of benzene rings is 2. The number of aliphatic hydroxyl groups excluding tert-OH is 1. The van der Waals surface area contributed by atoms with Crippen LogP contribution in [-0.2, 0) is 22.7 Å². The first-order chi connectivity index (χ1) is 10.2. The smallest absolute Gasteiger partial charge is 0.246 e. The molecule has 0 saturated heterocycles. The fourth-order valence-corrected chi connectivity index (χ4v) is 1.99. The third kappa shape index (κ3) is 5.77. The van der Waals surface area contributed by atoms with Gasteiger partial charge in [-0.1, -0.05) is 60.7 Å². The van der Waals surface area contributed by atoms with E-state index in [-0.39, 0.29) is 12.3 Å². The molecule has 0 fully saturated rings. The summed E-state index contributed by atoms with van der Waals surface area (Å²) >= 11 is 0. The van der Waals surface area contributed by atoms with Crippen molar-refractivity contribution in [2.45, 2.75) is 25.6 Å². The molecule has 4 heteroatoms. The molecule has 0 aliphatic heterocycles. The first-order valence-corrected chi connectivity index (χ1v) is 6.90. The molecule has 2 aromatic carbocycles. The fraction of sp³-hybridized carbons (Fsp3) is 0.235. The van der Waals surface area contributed by atoms with Gasteiger partial charge in [-0.2, -0.15) is 0 Å². The third-order valence-corrected chi connectivity index (χ3v) is 3.00. The minimum Gasteiger partial charge on any atom is -0.392 e. The van der Waals surface area contributed by atoms with Gasteiger partial charge in [-0.3, -0.25) is 9.63 Å². The van der Waals surface area contributed by atoms with E-state index in [9.17, 15) is 9.90 Å². The predicted molar refractivity (Wildman–Crippen MR) is 80.1 cm³/mol. The fourth-order valence-electron chi connectivity index (χ4n) is 1.99. The zero-order valence-corrected chi connectivity index (χ0v) is 11.7. The van der Waals surface area contributed by atoms with Crippen molar-refractivity contribution >= 4 is 5.91 Å². The molecule has 110 valence electrons. The van der Waals surface area contributed by atoms with E-state index < -0.39 is 6.10 Å². The predicted octanol–water partition coefficient (Wildman–Crippen LogP) is 2.23. The Morgan fingerprint density at radius 1 is 1.00 bits per heavy atom. The molecule has 0 aliphatic rings. The minimum absolute atomic E-state index is 0.0175. The van der Waals surface area contributed by atoms with Crippen molar-refractivity contribution in [3.05, 3.63) is 71.8 Å². The first kappa shape index (κ1) is 15.2. The summed E-state index contributed by atoms with van der Waals surface area (Å²) in [7, 11) is 0. The Labute approximate surface area is 124 Å². The topological polar surface area (TPSA) is 58.6 Å². The summed E-state index contributed by atoms with van der Waals surface area (Å²) in [5.41, 5.74) is 4.33. The Balaban J connectivity index is 1.67. The number of hydrogen-bond acceptors (Lipinski definition) is 3. The van der Waals surface area contributed by atoms with Crippen molar-refractivity contribution in [2.24, 2.45) is 0 Å². The lowest BCUT2D eigenvalue weighted by molar-refractivity contribution is -0.136. The van der Waals surface area contributed by atoms with E-state index in [2.05, 4.69) is 5.48 Å². The van der Waals surface area contributed by atoms with Crippen LogP contribution in [0.2, 0.25) is 0 Å². The van der Waals surface area contributed by atoms with E-state index in [0.717, 1.165) is 11.1 Å². The second kappa shape index (κ2) is 8.19. The van der Waals surface area contributed by atoms with Crippen molar-refractivity contribution in [3.8, 4) is 0 Å². The monoisotopic (exact) mass is 285 g/mol. The molecule has 0 saturated carbocycles. The van der Waals surface area contributed by atoms with Crippen LogP contribution in [0.3, 0.4) is 0 Å². The Hall–Kier alpha value is -2.17. The van der Waals surface area contributed by atoms with Crippen LogP contribution in [0, 0.1) is 0 Å². The molecule has 2 rings (SSSR count). The summed E-state index contributed by atoms with van der Waals surface area (Å²) in [6.07, 6.45) is -0.246. The quantitative estimate of drug-likeness (QED) is 0.767. The van der Waals surface area contributed by atoms with Crippen molar-refractivity contribution < 1.29 is 14.7 Å². The molecule has 0 heterocycles. The molecular formula is C17H19NO3. The molecule has 0 spiro atoms. The average molecular weight is 285 g/mol. The van der Waals surface area contributed by atoms with Crippen molar-refractivity contribution in [1.29, 1.82) is 0 Å². The van der Waals surface area contributed by atoms with Gasteiger partial charge in [0, 0.05) is 0 Å². The number of rotatable bonds is 7. The van der Waals surface area contributed by atoms with Gasteiger partial charge in [-0.15, -0.1) is 0 Å². The van der Waals surface area contributed by atoms with Gasteiger partial charge in [-0.05, 0) is 17.5 Å². The highest BCUT2D eigenvalue weighted by atomic mass is 16.6. The third-order valence-electron chi connectivity index (χ3n) is 3.00. The Kier molecular flexibility index (Phi) is 5.94. The molecule has 2 N–H and O–H groups in total. The maximum Gasteiger partial charge on any atom is 0.246 e. The van der Waals surface area contributed by atoms with E-state index in [1.165, 1.54) is 0 Å². The van der Waals surface area contributed by atoms with E-state index >= 15 is 0 Å². The highest BCUT2D eigenvalue weighted by Crippen LogP contribution is 2.06. The van der Waals surface area contributed by atoms with Crippen LogP contribution in [0.4, 0.5) is 0 Å². The van der Waals surface area contributed by atoms with Gasteiger partial charge in [-0.25, -0.2) is 5.48 Å². The summed E-state index contributed by atoms with van der Waals surface area (Å²) in [6, 6.07) is 19.1. The van der Waals surface area contributed by atoms with Crippen molar-refractivity contribution in [2.75, 3.05) is 0 Å². The zero-order chi connectivity index (χ0) is 14.9. The van der Waals surface area contributed by atoms with E-state index in [0.29, 0.717) is 13.0 Å². The number of nitrogens with one attached hydrogen (secondary N) is 1. The van der Waals surface area contributed by atoms with Gasteiger partial charge in [0.15, 0.2) is 0 Å². The van der Waals surface area contributed by atoms with Crippen molar-refractivity contribution in [1.82, 2.24) is 5.48 Å². The summed E-state index contributed by atoms with van der Waals surface area (Å²) in [6.45, 7) is 0.307. The first-order valence-electron chi connectivity index (χ1n) is 6.90. The number of hydrogen-bond donors (Lipinski definition) is 2. The van der Waals surface area contributed by atoms with E-state index in [4.69, 9.17) is 4.84 Å². The molecule has 0 unspecified atom stereocenters. The van der Waals surface area contributed by atoms with Crippen molar-refractivity contribution in [3.63, 3.8) is 0 Å². The van der Waals surface area contributed by atoms with Crippen LogP contribution in [-0.4, -0.2) is 17.1 Å². The molecule has 4 nitrogen and oxygen atoms in total. The Morgan fingerprint density at radius 2 is 1.57 bits per heavy atom. The van der Waals surface area contributed by atoms with Gasteiger partial charge in [0.2, 0.25) is 5.91 Å². The number of carbonyl (C=O) groups is 1. The molecule has 0 bridgehead atoms. The molecule has 0 aromatic heterocycles. The van der Waals surface area contributed by atoms with Crippen LogP contribution in [0.5, 0.6) is 0 Å². The number of hydroxylamine groups is 1. The van der Waals surface area contributed by atoms with E-state index in [1.807, 2.05) is 60.7 Å². The minimum atomic E-state index is -0.715. The molecular weight excluding hydrogens is 266 g/mol. The highest BCUT2D eigenvalue weighted by molar-refractivity contribution is 5.75. The van der Waals surface area contributed by atoms with Gasteiger partial charge in [0.05, 0.1) is 19.1 Å². The SMILES string of the molecule is O=C(C[C@H](O)Cc1ccccc1)NOCc1ccccc1. The van der Waals surface area contributed by atoms with Crippen LogP contribution >= 0.6 is 0 Å². The maximum atomic E-state index is 11.6. The average Bonchev–Trinajstić information content (AvgIpc) is 2.49. The zero-order valence-electron chi connectivity index (χ0n) is 11.7. The van der Waals surface area contributed by atoms with Crippen LogP contribution < -0.4 is 5.48 Å². The second-order valence-electron chi connectivity index (χ2n) is 4.85. The molecule has 1 atom stereocenters. The lowest BCUT2D eigenvalue weighted by atomic mass is 10.1. The molecule has 0 aliphatic carbocycles. The Morgan fingerprint density at radius 3 is 2.19 bits per heavy atom. The van der Waals surface area contributed by atoms with Crippen LogP contribution in [0.1, 0.15) is 17.5 Å². The molecule has 21 heavy (non-hydrogen) atoms. The molecule has 1 amide bonds. The summed E-state index contributed by atoms with van der Waals surface area (Å²) in [4.78, 5) is 16.8. The normalized spacial score (nSPS) is 11.9. The highest BCUT2D eigenvalue weighted by Gasteiger charge is 2.11. The maximum absolute atomic E-state index is 11.6. The summed E-state index contributed by atoms with van der Waals surface area (Å²) in [5, 5.41) is 9.87. The standard InChI is InChI=1S/C17H19NO3/c19-16(11-14-7-3-1-4-8-14)12-17(20)18-21-13-15-9-5-2-6-10-15/h1-10,16,19H,11-13H2,(H,18,20)/t16-/m1/s1. The molecule has 0 radical (unpaired) electrons.